The van der Waals surface area contributed by atoms with E-state index in [9.17, 15) is 14.4 Å². The van der Waals surface area contributed by atoms with Gasteiger partial charge >= 0.3 is 0 Å². The van der Waals surface area contributed by atoms with Crippen molar-refractivity contribution < 1.29 is 13.9 Å². The van der Waals surface area contributed by atoms with Crippen molar-refractivity contribution in [3.63, 3.8) is 0 Å². The van der Waals surface area contributed by atoms with E-state index in [4.69, 9.17) is 10.5 Å². The number of nitrogens with two attached hydrogens (primary N) is 1. The van der Waals surface area contributed by atoms with E-state index in [-0.39, 0.29) is 0 Å². The van der Waals surface area contributed by atoms with Crippen LogP contribution in [-0.4, -0.2) is 13.0 Å². The molecule has 1 amide bonds. The summed E-state index contributed by atoms with van der Waals surface area (Å²) in [7, 11) is 1.52. The Morgan fingerprint density at radius 3 is 2.54 bits per heavy atom. The molecule has 0 spiro atoms. The number of amides is 1. The molecule has 6 heteroatoms. The molecular weight excluding hydrogens is 309 g/mol. The molecule has 3 rings (SSSR count). The minimum absolute atomic E-state index is 0.398. The number of carbonyl (C=O) groups is 1. The standard InChI is InChI=1S/C18H16FN3O2/c1-11(10-20)18(21)15-9-14(24-2)7-8-16(15)22(17(18)23)13-5-3-12(19)4-6-13/h3-9,11H,21H2,1-2H3. The number of nitrogens with zero attached hydrogens (tertiary/aromatic N) is 2. The van der Waals surface area contributed by atoms with Gasteiger partial charge < -0.3 is 10.5 Å². The highest BCUT2D eigenvalue weighted by Gasteiger charge is 2.52. The van der Waals surface area contributed by atoms with Crippen molar-refractivity contribution in [2.24, 2.45) is 11.7 Å². The molecule has 24 heavy (non-hydrogen) atoms. The third-order valence-corrected chi connectivity index (χ3v) is 4.41. The second kappa shape index (κ2) is 5.62. The number of rotatable bonds is 3. The number of methoxy groups -OCH3 is 1. The van der Waals surface area contributed by atoms with Gasteiger partial charge in [-0.1, -0.05) is 0 Å². The number of anilines is 2. The van der Waals surface area contributed by atoms with Crippen LogP contribution in [0.25, 0.3) is 0 Å². The molecule has 1 aliphatic rings. The van der Waals surface area contributed by atoms with Crippen molar-refractivity contribution in [2.75, 3.05) is 12.0 Å². The van der Waals surface area contributed by atoms with Crippen molar-refractivity contribution in [2.45, 2.75) is 12.5 Å². The Kier molecular flexibility index (Phi) is 3.74. The van der Waals surface area contributed by atoms with Gasteiger partial charge in [0.2, 0.25) is 0 Å². The summed E-state index contributed by atoms with van der Waals surface area (Å²) in [5.41, 5.74) is 6.49. The van der Waals surface area contributed by atoms with E-state index < -0.39 is 23.2 Å². The van der Waals surface area contributed by atoms with E-state index in [2.05, 4.69) is 6.07 Å². The Labute approximate surface area is 139 Å². The number of benzene rings is 2. The van der Waals surface area contributed by atoms with Crippen LogP contribution in [0.15, 0.2) is 42.5 Å². The van der Waals surface area contributed by atoms with Gasteiger partial charge in [0.1, 0.15) is 17.1 Å². The highest BCUT2D eigenvalue weighted by atomic mass is 19.1. The lowest BCUT2D eigenvalue weighted by atomic mass is 9.81. The molecule has 0 saturated heterocycles. The van der Waals surface area contributed by atoms with E-state index in [1.165, 1.54) is 36.3 Å². The topological polar surface area (TPSA) is 79.3 Å². The SMILES string of the molecule is COc1ccc2c(c1)C(N)(C(C)C#N)C(=O)N2c1ccc(F)cc1. The first-order valence-corrected chi connectivity index (χ1v) is 7.40. The molecule has 0 aromatic heterocycles. The lowest BCUT2D eigenvalue weighted by molar-refractivity contribution is -0.123. The molecule has 0 bridgehead atoms. The molecule has 2 aromatic rings. The Bertz CT molecular complexity index is 844. The summed E-state index contributed by atoms with van der Waals surface area (Å²) in [5.74, 6) is -1.03. The molecule has 0 aliphatic carbocycles. The first-order chi connectivity index (χ1) is 11.4. The van der Waals surface area contributed by atoms with Crippen molar-refractivity contribution in [3.05, 3.63) is 53.8 Å². The van der Waals surface area contributed by atoms with Crippen molar-refractivity contribution >= 4 is 17.3 Å². The first kappa shape index (κ1) is 16.0. The summed E-state index contributed by atoms with van der Waals surface area (Å²) < 4.78 is 18.4. The molecule has 5 nitrogen and oxygen atoms in total. The predicted molar refractivity (Wildman–Crippen MR) is 87.2 cm³/mol. The maximum absolute atomic E-state index is 13.2. The van der Waals surface area contributed by atoms with Crippen LogP contribution in [0.4, 0.5) is 15.8 Å². The maximum atomic E-state index is 13.2. The quantitative estimate of drug-likeness (QED) is 0.941. The van der Waals surface area contributed by atoms with E-state index in [1.54, 1.807) is 25.1 Å². The van der Waals surface area contributed by atoms with E-state index in [0.717, 1.165) is 0 Å². The molecule has 2 N–H and O–H groups in total. The van der Waals surface area contributed by atoms with Crippen molar-refractivity contribution in [1.29, 1.82) is 5.26 Å². The maximum Gasteiger partial charge on any atom is 0.257 e. The third kappa shape index (κ3) is 2.14. The lowest BCUT2D eigenvalue weighted by Gasteiger charge is -2.26. The van der Waals surface area contributed by atoms with Gasteiger partial charge in [-0.15, -0.1) is 0 Å². The third-order valence-electron chi connectivity index (χ3n) is 4.41. The van der Waals surface area contributed by atoms with E-state index in [1.807, 2.05) is 0 Å². The zero-order valence-electron chi connectivity index (χ0n) is 13.3. The smallest absolute Gasteiger partial charge is 0.257 e. The van der Waals surface area contributed by atoms with Gasteiger partial charge in [0.25, 0.3) is 5.91 Å². The summed E-state index contributed by atoms with van der Waals surface area (Å²) in [6.07, 6.45) is 0. The van der Waals surface area contributed by atoms with Gasteiger partial charge in [0, 0.05) is 11.3 Å². The molecule has 2 atom stereocenters. The fourth-order valence-electron chi connectivity index (χ4n) is 2.94. The minimum atomic E-state index is -1.49. The first-order valence-electron chi connectivity index (χ1n) is 7.40. The van der Waals surface area contributed by atoms with Gasteiger partial charge in [0.15, 0.2) is 0 Å². The molecule has 122 valence electrons. The fraction of sp³-hybridized carbons (Fsp3) is 0.222. The average molecular weight is 325 g/mol. The number of hydrogen-bond donors (Lipinski definition) is 1. The normalized spacial score (nSPS) is 20.5. The van der Waals surface area contributed by atoms with Crippen molar-refractivity contribution in [3.8, 4) is 11.8 Å². The van der Waals surface area contributed by atoms with Crippen LogP contribution in [0, 0.1) is 23.1 Å². The van der Waals surface area contributed by atoms with E-state index in [0.29, 0.717) is 22.7 Å². The molecule has 1 heterocycles. The number of halogens is 1. The molecule has 0 fully saturated rings. The van der Waals surface area contributed by atoms with Crippen LogP contribution in [0.5, 0.6) is 5.75 Å². The Morgan fingerprint density at radius 1 is 1.29 bits per heavy atom. The van der Waals surface area contributed by atoms with Gasteiger partial charge in [-0.25, -0.2) is 4.39 Å². The van der Waals surface area contributed by atoms with Gasteiger partial charge in [-0.3, -0.25) is 9.69 Å². The molecule has 2 aromatic carbocycles. The fourth-order valence-corrected chi connectivity index (χ4v) is 2.94. The Balaban J connectivity index is 2.23. The van der Waals surface area contributed by atoms with Gasteiger partial charge in [0.05, 0.1) is 24.8 Å². The largest absolute Gasteiger partial charge is 0.497 e. The van der Waals surface area contributed by atoms with Crippen LogP contribution in [0.2, 0.25) is 0 Å². The van der Waals surface area contributed by atoms with Crippen LogP contribution < -0.4 is 15.4 Å². The highest BCUT2D eigenvalue weighted by Crippen LogP contribution is 2.47. The number of carbonyl (C=O) groups excluding carboxylic acids is 1. The molecule has 2 unspecified atom stereocenters. The summed E-state index contributed by atoms with van der Waals surface area (Å²) in [4.78, 5) is 14.5. The van der Waals surface area contributed by atoms with Crippen LogP contribution >= 0.6 is 0 Å². The monoisotopic (exact) mass is 325 g/mol. The summed E-state index contributed by atoms with van der Waals surface area (Å²) >= 11 is 0. The number of hydrogen-bond acceptors (Lipinski definition) is 4. The average Bonchev–Trinajstić information content (AvgIpc) is 2.83. The summed E-state index contributed by atoms with van der Waals surface area (Å²) in [5, 5.41) is 9.34. The minimum Gasteiger partial charge on any atom is -0.497 e. The zero-order chi connectivity index (χ0) is 17.5. The molecule has 0 radical (unpaired) electrons. The second-order valence-electron chi connectivity index (χ2n) is 5.72. The lowest BCUT2D eigenvalue weighted by Crippen LogP contribution is -2.50. The van der Waals surface area contributed by atoms with Crippen LogP contribution in [0.1, 0.15) is 12.5 Å². The molecular formula is C18H16FN3O2. The molecule has 0 saturated carbocycles. The van der Waals surface area contributed by atoms with Crippen LogP contribution in [-0.2, 0) is 10.3 Å². The van der Waals surface area contributed by atoms with Gasteiger partial charge in [-0.05, 0) is 49.4 Å². The summed E-state index contributed by atoms with van der Waals surface area (Å²) in [6.45, 7) is 1.61. The Morgan fingerprint density at radius 2 is 1.96 bits per heavy atom. The number of nitriles is 1. The van der Waals surface area contributed by atoms with E-state index >= 15 is 0 Å². The van der Waals surface area contributed by atoms with Crippen LogP contribution in [0.3, 0.4) is 0 Å². The Hall–Kier alpha value is -2.91. The second-order valence-corrected chi connectivity index (χ2v) is 5.72. The number of fused-ring (bicyclic) bond motifs is 1. The zero-order valence-corrected chi connectivity index (χ0v) is 13.3. The number of ether oxygens (including phenoxy) is 1. The van der Waals surface area contributed by atoms with Crippen molar-refractivity contribution in [1.82, 2.24) is 0 Å². The predicted octanol–water partition coefficient (Wildman–Crippen LogP) is 2.83. The summed E-state index contributed by atoms with van der Waals surface area (Å²) in [6, 6.07) is 12.7. The highest BCUT2D eigenvalue weighted by molar-refractivity contribution is 6.13. The van der Waals surface area contributed by atoms with Gasteiger partial charge in [-0.2, -0.15) is 5.26 Å². The molecule has 1 aliphatic heterocycles.